The molecule has 0 aliphatic carbocycles. The molecule has 3 rings (SSSR count). The zero-order chi connectivity index (χ0) is 19.7. The normalized spacial score (nSPS) is 11.3. The summed E-state index contributed by atoms with van der Waals surface area (Å²) < 4.78 is 17.4. The van der Waals surface area contributed by atoms with E-state index in [2.05, 4.69) is 0 Å². The second-order valence-electron chi connectivity index (χ2n) is 6.81. The van der Waals surface area contributed by atoms with Crippen molar-refractivity contribution >= 4 is 11.0 Å². The lowest BCUT2D eigenvalue weighted by Crippen LogP contribution is -2.11. The summed E-state index contributed by atoms with van der Waals surface area (Å²) in [6.07, 6.45) is -0.0813. The SMILES string of the molecule is CC(C)Oc1ccc(-c2cc(=O)c3c(O)cc(O)cc3o2)cc1OC(C)C. The van der Waals surface area contributed by atoms with Crippen molar-refractivity contribution in [1.82, 2.24) is 0 Å². The molecule has 142 valence electrons. The Morgan fingerprint density at radius 1 is 0.889 bits per heavy atom. The number of aromatic hydroxyl groups is 2. The third-order valence-corrected chi connectivity index (χ3v) is 3.75. The van der Waals surface area contributed by atoms with Gasteiger partial charge in [0.1, 0.15) is 28.2 Å². The number of benzene rings is 2. The predicted octanol–water partition coefficient (Wildman–Crippen LogP) is 4.45. The summed E-state index contributed by atoms with van der Waals surface area (Å²) in [5, 5.41) is 19.6. The van der Waals surface area contributed by atoms with Gasteiger partial charge >= 0.3 is 0 Å². The van der Waals surface area contributed by atoms with E-state index in [0.29, 0.717) is 22.8 Å². The van der Waals surface area contributed by atoms with Crippen LogP contribution in [0.25, 0.3) is 22.3 Å². The van der Waals surface area contributed by atoms with Crippen molar-refractivity contribution in [3.63, 3.8) is 0 Å². The van der Waals surface area contributed by atoms with Crippen molar-refractivity contribution in [3.8, 4) is 34.3 Å². The molecule has 3 aromatic rings. The van der Waals surface area contributed by atoms with Gasteiger partial charge in [-0.1, -0.05) is 0 Å². The summed E-state index contributed by atoms with van der Waals surface area (Å²) in [6, 6.07) is 8.96. The van der Waals surface area contributed by atoms with Crippen molar-refractivity contribution in [2.45, 2.75) is 39.9 Å². The molecule has 0 atom stereocenters. The third kappa shape index (κ3) is 4.00. The number of ether oxygens (including phenoxy) is 2. The molecule has 0 spiro atoms. The number of rotatable bonds is 5. The van der Waals surface area contributed by atoms with Crippen LogP contribution in [0, 0.1) is 0 Å². The maximum absolute atomic E-state index is 12.4. The molecule has 0 unspecified atom stereocenters. The first-order valence-corrected chi connectivity index (χ1v) is 8.72. The van der Waals surface area contributed by atoms with Crippen LogP contribution >= 0.6 is 0 Å². The summed E-state index contributed by atoms with van der Waals surface area (Å²) in [5.74, 6) is 0.917. The van der Waals surface area contributed by atoms with E-state index in [9.17, 15) is 15.0 Å². The smallest absolute Gasteiger partial charge is 0.197 e. The van der Waals surface area contributed by atoms with Crippen LogP contribution in [-0.4, -0.2) is 22.4 Å². The van der Waals surface area contributed by atoms with E-state index in [0.717, 1.165) is 6.07 Å². The van der Waals surface area contributed by atoms with E-state index >= 15 is 0 Å². The fourth-order valence-corrected chi connectivity index (χ4v) is 2.75. The molecular weight excluding hydrogens is 348 g/mol. The predicted molar refractivity (Wildman–Crippen MR) is 103 cm³/mol. The molecule has 27 heavy (non-hydrogen) atoms. The van der Waals surface area contributed by atoms with Crippen LogP contribution in [0.5, 0.6) is 23.0 Å². The van der Waals surface area contributed by atoms with Crippen molar-refractivity contribution in [1.29, 1.82) is 0 Å². The maximum Gasteiger partial charge on any atom is 0.197 e. The van der Waals surface area contributed by atoms with Crippen LogP contribution in [0.1, 0.15) is 27.7 Å². The standard InChI is InChI=1S/C21H22O6/c1-11(2)25-17-6-5-13(7-19(17)26-12(3)4)18-10-16(24)21-15(23)8-14(22)9-20(21)27-18/h5-12,22-23H,1-4H3. The molecule has 6 nitrogen and oxygen atoms in total. The van der Waals surface area contributed by atoms with Crippen LogP contribution in [0.3, 0.4) is 0 Å². The molecule has 1 aromatic heterocycles. The molecule has 0 amide bonds. The van der Waals surface area contributed by atoms with Gasteiger partial charge in [0.2, 0.25) is 0 Å². The zero-order valence-electron chi connectivity index (χ0n) is 15.6. The Morgan fingerprint density at radius 2 is 1.56 bits per heavy atom. The van der Waals surface area contributed by atoms with Crippen LogP contribution in [-0.2, 0) is 0 Å². The Balaban J connectivity index is 2.14. The average molecular weight is 370 g/mol. The van der Waals surface area contributed by atoms with E-state index in [1.165, 1.54) is 12.1 Å². The fourth-order valence-electron chi connectivity index (χ4n) is 2.75. The molecule has 2 N–H and O–H groups in total. The molecule has 0 bridgehead atoms. The Bertz CT molecular complexity index is 1030. The highest BCUT2D eigenvalue weighted by Crippen LogP contribution is 2.35. The lowest BCUT2D eigenvalue weighted by molar-refractivity contribution is 0.199. The van der Waals surface area contributed by atoms with Crippen LogP contribution in [0.15, 0.2) is 45.6 Å². The van der Waals surface area contributed by atoms with E-state index in [-0.39, 0.29) is 34.7 Å². The fraction of sp³-hybridized carbons (Fsp3) is 0.286. The van der Waals surface area contributed by atoms with Crippen molar-refractivity contribution in [2.24, 2.45) is 0 Å². The van der Waals surface area contributed by atoms with Crippen molar-refractivity contribution in [3.05, 3.63) is 46.6 Å². The van der Waals surface area contributed by atoms with Crippen LogP contribution < -0.4 is 14.9 Å². The Labute approximate surface area is 156 Å². The highest BCUT2D eigenvalue weighted by molar-refractivity contribution is 5.86. The second kappa shape index (κ2) is 7.23. The van der Waals surface area contributed by atoms with Crippen LogP contribution in [0.2, 0.25) is 0 Å². The van der Waals surface area contributed by atoms with Gasteiger partial charge in [-0.15, -0.1) is 0 Å². The van der Waals surface area contributed by atoms with Gasteiger partial charge in [-0.25, -0.2) is 0 Å². The lowest BCUT2D eigenvalue weighted by atomic mass is 10.1. The summed E-state index contributed by atoms with van der Waals surface area (Å²) in [5.41, 5.74) is 0.310. The summed E-state index contributed by atoms with van der Waals surface area (Å²) in [6.45, 7) is 7.67. The Kier molecular flexibility index (Phi) is 4.99. The molecule has 0 saturated carbocycles. The van der Waals surface area contributed by atoms with Gasteiger partial charge in [-0.2, -0.15) is 0 Å². The van der Waals surface area contributed by atoms with Gasteiger partial charge in [-0.05, 0) is 45.9 Å². The monoisotopic (exact) mass is 370 g/mol. The zero-order valence-corrected chi connectivity index (χ0v) is 15.6. The summed E-state index contributed by atoms with van der Waals surface area (Å²) >= 11 is 0. The number of phenols is 2. The molecule has 0 fully saturated rings. The second-order valence-corrected chi connectivity index (χ2v) is 6.81. The van der Waals surface area contributed by atoms with E-state index in [1.807, 2.05) is 27.7 Å². The van der Waals surface area contributed by atoms with E-state index in [4.69, 9.17) is 13.9 Å². The minimum atomic E-state index is -0.405. The Hall–Kier alpha value is -3.15. The van der Waals surface area contributed by atoms with Gasteiger partial charge in [0, 0.05) is 23.8 Å². The highest BCUT2D eigenvalue weighted by Gasteiger charge is 2.15. The highest BCUT2D eigenvalue weighted by atomic mass is 16.5. The molecule has 0 radical (unpaired) electrons. The largest absolute Gasteiger partial charge is 0.508 e. The third-order valence-electron chi connectivity index (χ3n) is 3.75. The average Bonchev–Trinajstić information content (AvgIpc) is 2.54. The van der Waals surface area contributed by atoms with Gasteiger partial charge in [0.05, 0.1) is 12.2 Å². The molecule has 2 aromatic carbocycles. The van der Waals surface area contributed by atoms with E-state index in [1.54, 1.807) is 18.2 Å². The number of hydrogen-bond acceptors (Lipinski definition) is 6. The molecule has 0 saturated heterocycles. The molecular formula is C21H22O6. The lowest BCUT2D eigenvalue weighted by Gasteiger charge is -2.18. The van der Waals surface area contributed by atoms with Crippen molar-refractivity contribution in [2.75, 3.05) is 0 Å². The number of fused-ring (bicyclic) bond motifs is 1. The Morgan fingerprint density at radius 3 is 2.22 bits per heavy atom. The first kappa shape index (κ1) is 18.6. The summed E-state index contributed by atoms with van der Waals surface area (Å²) in [4.78, 5) is 12.4. The number of phenolic OH excluding ortho intramolecular Hbond substituents is 2. The van der Waals surface area contributed by atoms with Gasteiger partial charge in [0.15, 0.2) is 16.9 Å². The van der Waals surface area contributed by atoms with E-state index < -0.39 is 5.43 Å². The maximum atomic E-state index is 12.4. The molecule has 1 heterocycles. The minimum Gasteiger partial charge on any atom is -0.508 e. The number of hydrogen-bond donors (Lipinski definition) is 2. The first-order valence-electron chi connectivity index (χ1n) is 8.72. The van der Waals surface area contributed by atoms with Gasteiger partial charge in [-0.3, -0.25) is 4.79 Å². The van der Waals surface area contributed by atoms with Gasteiger partial charge in [0.25, 0.3) is 0 Å². The minimum absolute atomic E-state index is 0.0186. The molecule has 0 aliphatic heterocycles. The molecule has 6 heteroatoms. The first-order chi connectivity index (χ1) is 12.7. The summed E-state index contributed by atoms with van der Waals surface area (Å²) in [7, 11) is 0. The van der Waals surface area contributed by atoms with Gasteiger partial charge < -0.3 is 24.1 Å². The molecule has 0 aliphatic rings. The van der Waals surface area contributed by atoms with Crippen LogP contribution in [0.4, 0.5) is 0 Å². The quantitative estimate of drug-likeness (QED) is 0.690. The van der Waals surface area contributed by atoms with Crippen molar-refractivity contribution < 1.29 is 24.1 Å². The topological polar surface area (TPSA) is 89.1 Å².